The van der Waals surface area contributed by atoms with Gasteiger partial charge in [0.05, 0.1) is 19.6 Å². The molecule has 0 saturated heterocycles. The van der Waals surface area contributed by atoms with Crippen molar-refractivity contribution >= 4 is 34.3 Å². The van der Waals surface area contributed by atoms with Crippen LogP contribution in [0.25, 0.3) is 16.8 Å². The van der Waals surface area contributed by atoms with Gasteiger partial charge in [-0.2, -0.15) is 0 Å². The molecule has 2 heterocycles. The number of carbonyl (C=O) groups is 1. The fourth-order valence-corrected chi connectivity index (χ4v) is 9.88. The number of ether oxygens (including phenoxy) is 3. The molecule has 0 saturated carbocycles. The summed E-state index contributed by atoms with van der Waals surface area (Å²) in [4.78, 5) is 18.0. The van der Waals surface area contributed by atoms with Gasteiger partial charge >= 0.3 is 0 Å². The Balaban J connectivity index is 1.14. The van der Waals surface area contributed by atoms with E-state index >= 15 is 0 Å². The van der Waals surface area contributed by atoms with Gasteiger partial charge in [0, 0.05) is 42.6 Å². The number of rotatable bonds is 12. The third-order valence-corrected chi connectivity index (χ3v) is 13.4. The first kappa shape index (κ1) is 46.6. The molecule has 2 aliphatic carbocycles. The van der Waals surface area contributed by atoms with Crippen LogP contribution >= 0.6 is 0 Å². The van der Waals surface area contributed by atoms with Crippen LogP contribution in [-0.2, 0) is 42.0 Å². The highest BCUT2D eigenvalue weighted by Gasteiger charge is 2.29. The number of guanidine groups is 1. The van der Waals surface area contributed by atoms with Gasteiger partial charge in [0.1, 0.15) is 36.1 Å². The molecule has 346 valence electrons. The zero-order valence-corrected chi connectivity index (χ0v) is 38.6. The molecule has 9 rings (SSSR count). The van der Waals surface area contributed by atoms with Gasteiger partial charge in [-0.15, -0.1) is 0 Å². The second-order valence-electron chi connectivity index (χ2n) is 18.0. The van der Waals surface area contributed by atoms with Crippen molar-refractivity contribution in [3.63, 3.8) is 0 Å². The van der Waals surface area contributed by atoms with Crippen molar-refractivity contribution in [2.45, 2.75) is 95.9 Å². The highest BCUT2D eigenvalue weighted by molar-refractivity contribution is 6.01. The number of allylic oxidation sites excluding steroid dienone is 4. The third-order valence-electron chi connectivity index (χ3n) is 13.4. The fourth-order valence-electron chi connectivity index (χ4n) is 9.88. The molecule has 10 nitrogen and oxygen atoms in total. The molecule has 6 bridgehead atoms. The molecule has 0 aromatic heterocycles. The van der Waals surface area contributed by atoms with Gasteiger partial charge in [0.2, 0.25) is 0 Å². The number of ketones is 1. The van der Waals surface area contributed by atoms with Crippen LogP contribution in [0.5, 0.6) is 17.2 Å². The number of fused-ring (bicyclic) bond motifs is 9. The highest BCUT2D eigenvalue weighted by atomic mass is 16.5. The quantitative estimate of drug-likeness (QED) is 0.0356. The molecule has 5 aromatic carbocycles. The Morgan fingerprint density at radius 1 is 0.955 bits per heavy atom. The van der Waals surface area contributed by atoms with Gasteiger partial charge in [-0.05, 0) is 143 Å². The molecule has 0 spiro atoms. The maximum absolute atomic E-state index is 14.0. The van der Waals surface area contributed by atoms with Crippen LogP contribution in [0, 0.1) is 23.9 Å². The van der Waals surface area contributed by atoms with E-state index in [0.717, 1.165) is 70.0 Å². The molecule has 2 aliphatic heterocycles. The average Bonchev–Trinajstić information content (AvgIpc) is 3.33. The minimum absolute atomic E-state index is 0.0235. The van der Waals surface area contributed by atoms with Gasteiger partial charge < -0.3 is 40.6 Å². The van der Waals surface area contributed by atoms with Gasteiger partial charge in [0.25, 0.3) is 0 Å². The lowest BCUT2D eigenvalue weighted by Crippen LogP contribution is -2.24. The number of aryl methyl sites for hydroxylation is 2. The number of hydrogen-bond acceptors (Lipinski definition) is 8. The maximum atomic E-state index is 14.0. The number of methoxy groups -OCH3 is 1. The molecule has 10 heteroatoms. The van der Waals surface area contributed by atoms with Gasteiger partial charge in [-0.1, -0.05) is 86.0 Å². The number of aliphatic hydroxyl groups is 2. The number of aliphatic imine (C=N–C) groups is 1. The van der Waals surface area contributed by atoms with Crippen LogP contribution in [0.1, 0.15) is 102 Å². The zero-order valence-electron chi connectivity index (χ0n) is 38.6. The number of phenolic OH excluding ortho intramolecular Hbond substituents is 1. The van der Waals surface area contributed by atoms with E-state index in [1.54, 1.807) is 20.2 Å². The van der Waals surface area contributed by atoms with Crippen LogP contribution in [-0.4, -0.2) is 47.3 Å². The van der Waals surface area contributed by atoms with Crippen molar-refractivity contribution in [2.24, 2.45) is 22.6 Å². The van der Waals surface area contributed by atoms with Crippen LogP contribution in [0.2, 0.25) is 0 Å². The van der Waals surface area contributed by atoms with Crippen LogP contribution < -0.4 is 20.5 Å². The third kappa shape index (κ3) is 11.2. The Morgan fingerprint density at radius 2 is 1.79 bits per heavy atom. The number of hydrogen-bond donors (Lipinski definition) is 5. The Bertz CT molecular complexity index is 2780. The number of aromatic hydroxyl groups is 1. The van der Waals surface area contributed by atoms with E-state index < -0.39 is 12.0 Å². The minimum atomic E-state index is -0.578. The molecule has 5 atom stereocenters. The summed E-state index contributed by atoms with van der Waals surface area (Å²) in [5, 5.41) is 38.7. The number of unbranched alkanes of at least 4 members (excludes halogenated alkanes) is 1. The summed E-state index contributed by atoms with van der Waals surface area (Å²) in [6, 6.07) is 27.8. The lowest BCUT2D eigenvalue weighted by Gasteiger charge is -2.28. The van der Waals surface area contributed by atoms with Crippen molar-refractivity contribution in [2.75, 3.05) is 19.5 Å². The predicted molar refractivity (Wildman–Crippen MR) is 266 cm³/mol. The van der Waals surface area contributed by atoms with E-state index in [9.17, 15) is 20.1 Å². The van der Waals surface area contributed by atoms with Gasteiger partial charge in [0.15, 0.2) is 17.5 Å². The second-order valence-corrected chi connectivity index (χ2v) is 18.0. The molecule has 0 unspecified atom stereocenters. The number of nitrogens with two attached hydrogens (primary N) is 1. The van der Waals surface area contributed by atoms with E-state index in [2.05, 4.69) is 59.6 Å². The molecule has 4 aliphatic rings. The largest absolute Gasteiger partial charge is 0.508 e. The average molecular weight is 900 g/mol. The summed E-state index contributed by atoms with van der Waals surface area (Å²) in [6.07, 6.45) is 18.0. The first-order valence-electron chi connectivity index (χ1n) is 23.4. The summed E-state index contributed by atoms with van der Waals surface area (Å²) in [6.45, 7) is 2.03. The van der Waals surface area contributed by atoms with Crippen molar-refractivity contribution in [1.82, 2.24) is 0 Å². The van der Waals surface area contributed by atoms with Crippen molar-refractivity contribution in [3.8, 4) is 29.3 Å². The van der Waals surface area contributed by atoms with E-state index in [0.29, 0.717) is 47.8 Å². The van der Waals surface area contributed by atoms with Crippen molar-refractivity contribution < 1.29 is 34.3 Å². The lowest BCUT2D eigenvalue weighted by molar-refractivity contribution is -0.121. The molecular weight excluding hydrogens is 839 g/mol. The summed E-state index contributed by atoms with van der Waals surface area (Å²) < 4.78 is 18.8. The molecule has 6 N–H and O–H groups in total. The minimum Gasteiger partial charge on any atom is -0.508 e. The standard InChI is InChI=1S/C57H61N3O7/c1-36-16-22-48-51-35-67-54-28-39(18-23-53(54)65-3)17-20-46(63)32-47(30-42-29-45(62)21-19-40(42)14-8-7-12-38-13-9-15-44(27-38)60-57(58)59-2)66-25-24-41(26-37-10-5-4-6-11-37)55-50(31-43(51)34-61)56(48)49(36)33-52(55)64/h4-6,9-11,13,15-16,18-19,21-23,27-29,31,33,36,40-42,47,61-62,64H,7-8,12,14,17,20,26,30,32,34-35H2,1-3H3,(H3,58,59,60)/t36-,40-,41-,42-,47-/m0/s1. The zero-order chi connectivity index (χ0) is 46.9. The summed E-state index contributed by atoms with van der Waals surface area (Å²) >= 11 is 0. The summed E-state index contributed by atoms with van der Waals surface area (Å²) in [5.74, 6) is 4.77. The van der Waals surface area contributed by atoms with Gasteiger partial charge in [-0.25, -0.2) is 0 Å². The number of nitrogens with one attached hydrogen (secondary N) is 1. The molecule has 5 aromatic rings. The number of phenols is 1. The number of nitrogens with zero attached hydrogens (tertiary/aromatic N) is 1. The second kappa shape index (κ2) is 21.6. The topological polar surface area (TPSA) is 156 Å². The van der Waals surface area contributed by atoms with Crippen molar-refractivity contribution in [1.29, 1.82) is 0 Å². The molecule has 0 amide bonds. The maximum Gasteiger partial charge on any atom is 0.192 e. The number of anilines is 1. The molecule has 0 radical (unpaired) electrons. The summed E-state index contributed by atoms with van der Waals surface area (Å²) in [5.41, 5.74) is 14.0. The van der Waals surface area contributed by atoms with Gasteiger partial charge in [-0.3, -0.25) is 9.79 Å². The number of Topliss-reactive ketones (excluding diaryl/α,β-unsaturated/α-hetero) is 1. The fraction of sp³-hybridized carbons (Fsp3) is 0.333. The predicted octanol–water partition coefficient (Wildman–Crippen LogP) is 10.7. The molecule has 67 heavy (non-hydrogen) atoms. The highest BCUT2D eigenvalue weighted by Crippen LogP contribution is 2.46. The summed E-state index contributed by atoms with van der Waals surface area (Å²) in [7, 11) is 3.25. The van der Waals surface area contributed by atoms with E-state index in [4.69, 9.17) is 19.9 Å². The van der Waals surface area contributed by atoms with E-state index in [1.807, 2.05) is 78.9 Å². The number of carbonyl (C=O) groups excluding carboxylic acids is 1. The Kier molecular flexibility index (Phi) is 15.0. The van der Waals surface area contributed by atoms with Crippen LogP contribution in [0.3, 0.4) is 0 Å². The van der Waals surface area contributed by atoms with E-state index in [1.165, 1.54) is 5.56 Å². The monoisotopic (exact) mass is 899 g/mol. The van der Waals surface area contributed by atoms with Crippen molar-refractivity contribution in [3.05, 3.63) is 159 Å². The SMILES string of the molecule is CN=C(N)Nc1cccc(CCCC[C@H]2C=CC(O)=C[C@H]2C[C@H]2CC(=O)CCc3ccc(OC)c(c3)OCc3c(CO)cc4c(c(O)cc5c4c3C=C[C@@H]5C)[C@H](Cc3ccccc3)C#CO2)c1. The smallest absolute Gasteiger partial charge is 0.192 e. The first-order valence-corrected chi connectivity index (χ1v) is 23.4. The first-order chi connectivity index (χ1) is 32.6. The van der Waals surface area contributed by atoms with Crippen LogP contribution in [0.4, 0.5) is 5.69 Å². The Morgan fingerprint density at radius 3 is 2.60 bits per heavy atom. The number of aliphatic hydroxyl groups excluding tert-OH is 2. The Labute approximate surface area is 393 Å². The number of benzene rings is 5. The molecular formula is C57H61N3O7. The van der Waals surface area contributed by atoms with Crippen LogP contribution in [0.15, 0.2) is 120 Å². The lowest BCUT2D eigenvalue weighted by atomic mass is 9.78. The molecule has 0 fully saturated rings. The Hall–Kier alpha value is -6.96. The van der Waals surface area contributed by atoms with E-state index in [-0.39, 0.29) is 61.1 Å². The normalized spacial score (nSPS) is 20.5.